The molecule has 1 aromatic rings. The molecule has 2 fully saturated rings. The summed E-state index contributed by atoms with van der Waals surface area (Å²) in [5, 5.41) is 3.04. The van der Waals surface area contributed by atoms with Crippen molar-refractivity contribution in [3.63, 3.8) is 0 Å². The molecule has 2 aliphatic heterocycles. The van der Waals surface area contributed by atoms with E-state index in [-0.39, 0.29) is 6.03 Å². The number of rotatable bonds is 3. The number of nitrogens with zero attached hydrogens (tertiary/aromatic N) is 3. The van der Waals surface area contributed by atoms with E-state index in [9.17, 15) is 4.79 Å². The van der Waals surface area contributed by atoms with Gasteiger partial charge >= 0.3 is 6.03 Å². The second kappa shape index (κ2) is 7.64. The van der Waals surface area contributed by atoms with E-state index >= 15 is 0 Å². The van der Waals surface area contributed by atoms with E-state index in [4.69, 9.17) is 4.74 Å². The maximum atomic E-state index is 12.3. The largest absolute Gasteiger partial charge is 0.378 e. The van der Waals surface area contributed by atoms with Crippen LogP contribution in [-0.2, 0) is 11.3 Å². The van der Waals surface area contributed by atoms with Crippen LogP contribution in [0.5, 0.6) is 0 Å². The molecular formula is C17H26N4O2. The number of carbonyl (C=O) groups excluding carboxylic acids is 1. The molecule has 126 valence electrons. The van der Waals surface area contributed by atoms with Gasteiger partial charge in [-0.15, -0.1) is 0 Å². The number of hydrogen-bond donors (Lipinski definition) is 1. The predicted octanol–water partition coefficient (Wildman–Crippen LogP) is 1.86. The highest BCUT2D eigenvalue weighted by Crippen LogP contribution is 2.16. The van der Waals surface area contributed by atoms with E-state index in [1.165, 1.54) is 6.42 Å². The Morgan fingerprint density at radius 2 is 2.22 bits per heavy atom. The molecule has 23 heavy (non-hydrogen) atoms. The molecule has 3 rings (SSSR count). The number of anilines is 1. The molecule has 2 saturated heterocycles. The third-order valence-corrected chi connectivity index (χ3v) is 4.53. The van der Waals surface area contributed by atoms with E-state index in [0.29, 0.717) is 12.5 Å². The summed E-state index contributed by atoms with van der Waals surface area (Å²) in [6.45, 7) is 7.71. The number of aromatic nitrogens is 1. The summed E-state index contributed by atoms with van der Waals surface area (Å²) in [5.74, 6) is 1.56. The number of hydrogen-bond acceptors (Lipinski definition) is 4. The van der Waals surface area contributed by atoms with Crippen molar-refractivity contribution in [1.29, 1.82) is 0 Å². The molecule has 6 nitrogen and oxygen atoms in total. The minimum absolute atomic E-state index is 0.0429. The van der Waals surface area contributed by atoms with Gasteiger partial charge in [0.25, 0.3) is 0 Å². The molecule has 1 atom stereocenters. The molecule has 0 saturated carbocycles. The first kappa shape index (κ1) is 16.1. The second-order valence-corrected chi connectivity index (χ2v) is 6.47. The van der Waals surface area contributed by atoms with Crippen molar-refractivity contribution >= 4 is 11.8 Å². The minimum Gasteiger partial charge on any atom is -0.378 e. The van der Waals surface area contributed by atoms with Crippen LogP contribution in [0.1, 0.15) is 25.3 Å². The summed E-state index contributed by atoms with van der Waals surface area (Å²) in [5.41, 5.74) is 1.08. The lowest BCUT2D eigenvalue weighted by Crippen LogP contribution is -2.44. The molecule has 0 spiro atoms. The number of morpholine rings is 1. The van der Waals surface area contributed by atoms with Crippen molar-refractivity contribution in [1.82, 2.24) is 15.2 Å². The number of amides is 2. The molecule has 3 heterocycles. The maximum absolute atomic E-state index is 12.3. The van der Waals surface area contributed by atoms with Crippen LogP contribution in [-0.4, -0.2) is 55.3 Å². The number of carbonyl (C=O) groups is 1. The lowest BCUT2D eigenvalue weighted by molar-refractivity contribution is 0.122. The summed E-state index contributed by atoms with van der Waals surface area (Å²) in [6, 6.07) is 4.06. The molecule has 0 aliphatic carbocycles. The van der Waals surface area contributed by atoms with E-state index in [1.54, 1.807) is 0 Å². The zero-order valence-electron chi connectivity index (χ0n) is 13.8. The van der Waals surface area contributed by atoms with Gasteiger partial charge in [-0.25, -0.2) is 9.78 Å². The SMILES string of the molecule is C[C@H]1CCCN(C(=O)NCc2ccnc(N3CCOCC3)c2)C1. The Kier molecular flexibility index (Phi) is 5.33. The number of urea groups is 1. The van der Waals surface area contributed by atoms with Crippen LogP contribution in [0.3, 0.4) is 0 Å². The van der Waals surface area contributed by atoms with Gasteiger partial charge in [-0.1, -0.05) is 6.92 Å². The van der Waals surface area contributed by atoms with Crippen LogP contribution in [0.15, 0.2) is 18.3 Å². The summed E-state index contributed by atoms with van der Waals surface area (Å²) in [7, 11) is 0. The Bertz CT molecular complexity index is 531. The van der Waals surface area contributed by atoms with Gasteiger partial charge < -0.3 is 19.9 Å². The molecule has 1 aromatic heterocycles. The van der Waals surface area contributed by atoms with Crippen molar-refractivity contribution in [2.45, 2.75) is 26.3 Å². The highest BCUT2D eigenvalue weighted by atomic mass is 16.5. The summed E-state index contributed by atoms with van der Waals surface area (Å²) in [4.78, 5) is 20.9. The standard InChI is InChI=1S/C17H26N4O2/c1-14-3-2-6-21(13-14)17(22)19-12-15-4-5-18-16(11-15)20-7-9-23-10-8-20/h4-5,11,14H,2-3,6-10,12-13H2,1H3,(H,19,22)/t14-/m0/s1. The van der Waals surface area contributed by atoms with Crippen molar-refractivity contribution in [3.05, 3.63) is 23.9 Å². The van der Waals surface area contributed by atoms with Crippen LogP contribution in [0.4, 0.5) is 10.6 Å². The summed E-state index contributed by atoms with van der Waals surface area (Å²) < 4.78 is 5.37. The molecule has 0 bridgehead atoms. The van der Waals surface area contributed by atoms with E-state index < -0.39 is 0 Å². The van der Waals surface area contributed by atoms with Crippen LogP contribution >= 0.6 is 0 Å². The molecule has 0 radical (unpaired) electrons. The number of pyridine rings is 1. The molecule has 2 amide bonds. The third-order valence-electron chi connectivity index (χ3n) is 4.53. The quantitative estimate of drug-likeness (QED) is 0.924. The number of likely N-dealkylation sites (tertiary alicyclic amines) is 1. The van der Waals surface area contributed by atoms with E-state index in [2.05, 4.69) is 28.2 Å². The van der Waals surface area contributed by atoms with E-state index in [0.717, 1.165) is 57.2 Å². The van der Waals surface area contributed by atoms with Crippen LogP contribution in [0.25, 0.3) is 0 Å². The normalized spacial score (nSPS) is 22.0. The van der Waals surface area contributed by atoms with Gasteiger partial charge in [-0.05, 0) is 36.5 Å². The van der Waals surface area contributed by atoms with Gasteiger partial charge in [0.05, 0.1) is 13.2 Å². The first-order valence-electron chi connectivity index (χ1n) is 8.53. The fraction of sp³-hybridized carbons (Fsp3) is 0.647. The zero-order chi connectivity index (χ0) is 16.1. The Hall–Kier alpha value is -1.82. The topological polar surface area (TPSA) is 57.7 Å². The fourth-order valence-corrected chi connectivity index (χ4v) is 3.20. The lowest BCUT2D eigenvalue weighted by Gasteiger charge is -2.31. The monoisotopic (exact) mass is 318 g/mol. The van der Waals surface area contributed by atoms with Crippen molar-refractivity contribution in [2.75, 3.05) is 44.3 Å². The number of piperidine rings is 1. The first-order chi connectivity index (χ1) is 11.2. The lowest BCUT2D eigenvalue weighted by atomic mass is 10.0. The average molecular weight is 318 g/mol. The van der Waals surface area contributed by atoms with Crippen molar-refractivity contribution < 1.29 is 9.53 Å². The van der Waals surface area contributed by atoms with Gasteiger partial charge in [-0.3, -0.25) is 0 Å². The molecule has 2 aliphatic rings. The first-order valence-corrected chi connectivity index (χ1v) is 8.53. The Morgan fingerprint density at radius 1 is 1.39 bits per heavy atom. The van der Waals surface area contributed by atoms with E-state index in [1.807, 2.05) is 17.2 Å². The van der Waals surface area contributed by atoms with Gasteiger partial charge in [-0.2, -0.15) is 0 Å². The Morgan fingerprint density at radius 3 is 3.00 bits per heavy atom. The van der Waals surface area contributed by atoms with Gasteiger partial charge in [0.1, 0.15) is 5.82 Å². The third kappa shape index (κ3) is 4.34. The summed E-state index contributed by atoms with van der Waals surface area (Å²) >= 11 is 0. The fourth-order valence-electron chi connectivity index (χ4n) is 3.20. The molecular weight excluding hydrogens is 292 g/mol. The minimum atomic E-state index is 0.0429. The van der Waals surface area contributed by atoms with Gasteiger partial charge in [0.2, 0.25) is 0 Å². The van der Waals surface area contributed by atoms with Crippen LogP contribution < -0.4 is 10.2 Å². The van der Waals surface area contributed by atoms with Gasteiger partial charge in [0.15, 0.2) is 0 Å². The highest BCUT2D eigenvalue weighted by molar-refractivity contribution is 5.74. The summed E-state index contributed by atoms with van der Waals surface area (Å²) in [6.07, 6.45) is 4.14. The molecule has 1 N–H and O–H groups in total. The molecule has 0 unspecified atom stereocenters. The second-order valence-electron chi connectivity index (χ2n) is 6.47. The van der Waals surface area contributed by atoms with Gasteiger partial charge in [0, 0.05) is 38.9 Å². The maximum Gasteiger partial charge on any atom is 0.317 e. The number of ether oxygens (including phenoxy) is 1. The predicted molar refractivity (Wildman–Crippen MR) is 89.5 cm³/mol. The van der Waals surface area contributed by atoms with Crippen LogP contribution in [0.2, 0.25) is 0 Å². The molecule has 6 heteroatoms. The average Bonchev–Trinajstić information content (AvgIpc) is 2.61. The molecule has 0 aromatic carbocycles. The van der Waals surface area contributed by atoms with Crippen molar-refractivity contribution in [3.8, 4) is 0 Å². The highest BCUT2D eigenvalue weighted by Gasteiger charge is 2.20. The Balaban J connectivity index is 1.54. The number of nitrogens with one attached hydrogen (secondary N) is 1. The van der Waals surface area contributed by atoms with Crippen molar-refractivity contribution in [2.24, 2.45) is 5.92 Å². The zero-order valence-corrected chi connectivity index (χ0v) is 13.8. The Labute approximate surface area is 137 Å². The smallest absolute Gasteiger partial charge is 0.317 e. The van der Waals surface area contributed by atoms with Crippen LogP contribution in [0, 0.1) is 5.92 Å².